The highest BCUT2D eigenvalue weighted by Gasteiger charge is 2.16. The minimum Gasteiger partial charge on any atom is -0.335 e. The fraction of sp³-hybridized carbons (Fsp3) is 0.385. The molecule has 0 atom stereocenters. The molecule has 0 saturated carbocycles. The molecule has 2 amide bonds. The van der Waals surface area contributed by atoms with E-state index < -0.39 is 28.4 Å². The van der Waals surface area contributed by atoms with Gasteiger partial charge >= 0.3 is 0 Å². The third-order valence-corrected chi connectivity index (χ3v) is 4.92. The maximum atomic E-state index is 11.9. The number of carbonyl (C=O) groups is 2. The molecule has 0 aliphatic carbocycles. The first-order chi connectivity index (χ1) is 10.6. The molecule has 0 aliphatic heterocycles. The third-order valence-electron chi connectivity index (χ3n) is 2.83. The molecule has 0 heterocycles. The lowest BCUT2D eigenvalue weighted by molar-refractivity contribution is -0.132. The molecule has 0 fully saturated rings. The van der Waals surface area contributed by atoms with Crippen LogP contribution in [0, 0.1) is 0 Å². The SMILES string of the molecule is CCS(=O)(=O)NCC(=O)N(C)CC(=O)Nc1ccc(Cl)c(Cl)c1. The summed E-state index contributed by atoms with van der Waals surface area (Å²) >= 11 is 11.6. The van der Waals surface area contributed by atoms with Crippen molar-refractivity contribution in [3.63, 3.8) is 0 Å². The summed E-state index contributed by atoms with van der Waals surface area (Å²) in [5.74, 6) is -1.09. The second-order valence-corrected chi connectivity index (χ2v) is 7.56. The summed E-state index contributed by atoms with van der Waals surface area (Å²) < 4.78 is 24.7. The van der Waals surface area contributed by atoms with E-state index in [0.29, 0.717) is 15.7 Å². The third kappa shape index (κ3) is 6.74. The predicted molar refractivity (Wildman–Crippen MR) is 90.2 cm³/mol. The van der Waals surface area contributed by atoms with Crippen molar-refractivity contribution in [2.24, 2.45) is 0 Å². The van der Waals surface area contributed by atoms with Gasteiger partial charge in [-0.05, 0) is 25.1 Å². The maximum absolute atomic E-state index is 11.9. The second-order valence-electron chi connectivity index (χ2n) is 4.65. The monoisotopic (exact) mass is 381 g/mol. The zero-order chi connectivity index (χ0) is 17.6. The molecule has 1 aromatic carbocycles. The topological polar surface area (TPSA) is 95.6 Å². The van der Waals surface area contributed by atoms with E-state index >= 15 is 0 Å². The van der Waals surface area contributed by atoms with E-state index in [0.717, 1.165) is 4.90 Å². The number of sulfonamides is 1. The van der Waals surface area contributed by atoms with Crippen molar-refractivity contribution in [3.05, 3.63) is 28.2 Å². The van der Waals surface area contributed by atoms with Crippen LogP contribution < -0.4 is 10.0 Å². The Labute approximate surface area is 145 Å². The van der Waals surface area contributed by atoms with Crippen LogP contribution in [0.1, 0.15) is 6.92 Å². The van der Waals surface area contributed by atoms with E-state index in [2.05, 4.69) is 10.0 Å². The molecule has 0 saturated heterocycles. The molecule has 0 aromatic heterocycles. The van der Waals surface area contributed by atoms with E-state index in [1.807, 2.05) is 0 Å². The van der Waals surface area contributed by atoms with Crippen molar-refractivity contribution < 1.29 is 18.0 Å². The minimum absolute atomic E-state index is 0.123. The van der Waals surface area contributed by atoms with Gasteiger partial charge in [0.25, 0.3) is 0 Å². The van der Waals surface area contributed by atoms with E-state index in [-0.39, 0.29) is 12.3 Å². The number of amides is 2. The van der Waals surface area contributed by atoms with Crippen LogP contribution in [0.3, 0.4) is 0 Å². The van der Waals surface area contributed by atoms with E-state index in [4.69, 9.17) is 23.2 Å². The summed E-state index contributed by atoms with van der Waals surface area (Å²) in [6.07, 6.45) is 0. The smallest absolute Gasteiger partial charge is 0.243 e. The van der Waals surface area contributed by atoms with Crippen molar-refractivity contribution in [3.8, 4) is 0 Å². The summed E-state index contributed by atoms with van der Waals surface area (Å²) in [5.41, 5.74) is 0.442. The number of hydrogen-bond donors (Lipinski definition) is 2. The van der Waals surface area contributed by atoms with Gasteiger partial charge < -0.3 is 10.2 Å². The zero-order valence-corrected chi connectivity index (χ0v) is 14.9. The van der Waals surface area contributed by atoms with Gasteiger partial charge in [-0.25, -0.2) is 13.1 Å². The van der Waals surface area contributed by atoms with Crippen molar-refractivity contribution in [1.29, 1.82) is 0 Å². The lowest BCUT2D eigenvalue weighted by Crippen LogP contribution is -2.41. The molecule has 0 spiro atoms. The number of nitrogens with one attached hydrogen (secondary N) is 2. The van der Waals surface area contributed by atoms with E-state index in [1.165, 1.54) is 26.1 Å². The van der Waals surface area contributed by atoms with Gasteiger partial charge in [-0.2, -0.15) is 0 Å². The van der Waals surface area contributed by atoms with Crippen LogP contribution >= 0.6 is 23.2 Å². The molecule has 23 heavy (non-hydrogen) atoms. The van der Waals surface area contributed by atoms with Gasteiger partial charge in [0, 0.05) is 12.7 Å². The standard InChI is InChI=1S/C13H17Cl2N3O4S/c1-3-23(21,22)16-7-13(20)18(2)8-12(19)17-9-4-5-10(14)11(15)6-9/h4-6,16H,3,7-8H2,1-2H3,(H,17,19). The quantitative estimate of drug-likeness (QED) is 0.744. The molecule has 1 aromatic rings. The molecule has 0 bridgehead atoms. The summed E-state index contributed by atoms with van der Waals surface area (Å²) in [6.45, 7) is 0.834. The van der Waals surface area contributed by atoms with Crippen LogP contribution in [-0.2, 0) is 19.6 Å². The Morgan fingerprint density at radius 3 is 2.43 bits per heavy atom. The van der Waals surface area contributed by atoms with Gasteiger partial charge in [-0.15, -0.1) is 0 Å². The largest absolute Gasteiger partial charge is 0.335 e. The number of nitrogens with zero attached hydrogens (tertiary/aromatic N) is 1. The first kappa shape index (κ1) is 19.7. The second kappa shape index (κ2) is 8.49. The van der Waals surface area contributed by atoms with Crippen molar-refractivity contribution >= 4 is 50.7 Å². The van der Waals surface area contributed by atoms with E-state index in [9.17, 15) is 18.0 Å². The Morgan fingerprint density at radius 1 is 1.22 bits per heavy atom. The van der Waals surface area contributed by atoms with Crippen LogP contribution in [0.4, 0.5) is 5.69 Å². The van der Waals surface area contributed by atoms with Crippen LogP contribution in [0.5, 0.6) is 0 Å². The van der Waals surface area contributed by atoms with Crippen molar-refractivity contribution in [2.45, 2.75) is 6.92 Å². The maximum Gasteiger partial charge on any atom is 0.243 e. The lowest BCUT2D eigenvalue weighted by atomic mass is 10.3. The summed E-state index contributed by atoms with van der Waals surface area (Å²) in [5, 5.41) is 3.22. The Morgan fingerprint density at radius 2 is 1.87 bits per heavy atom. The molecule has 1 rings (SSSR count). The highest BCUT2D eigenvalue weighted by atomic mass is 35.5. The number of rotatable bonds is 7. The number of benzene rings is 1. The average molecular weight is 382 g/mol. The highest BCUT2D eigenvalue weighted by molar-refractivity contribution is 7.89. The molecule has 2 N–H and O–H groups in total. The van der Waals surface area contributed by atoms with Crippen LogP contribution in [0.25, 0.3) is 0 Å². The normalized spacial score (nSPS) is 11.1. The minimum atomic E-state index is -3.46. The fourth-order valence-corrected chi connectivity index (χ4v) is 2.33. The zero-order valence-electron chi connectivity index (χ0n) is 12.6. The first-order valence-corrected chi connectivity index (χ1v) is 9.01. The number of likely N-dealkylation sites (N-methyl/N-ethyl adjacent to an activating group) is 1. The molecule has 0 unspecified atom stereocenters. The summed E-state index contributed by atoms with van der Waals surface area (Å²) in [7, 11) is -2.06. The Balaban J connectivity index is 2.52. The number of anilines is 1. The van der Waals surface area contributed by atoms with Gasteiger partial charge in [0.2, 0.25) is 21.8 Å². The number of carbonyl (C=O) groups excluding carboxylic acids is 2. The molecule has 0 radical (unpaired) electrons. The summed E-state index contributed by atoms with van der Waals surface area (Å²) in [6, 6.07) is 4.59. The molecule has 128 valence electrons. The Bertz CT molecular complexity index is 694. The lowest BCUT2D eigenvalue weighted by Gasteiger charge is -2.17. The highest BCUT2D eigenvalue weighted by Crippen LogP contribution is 2.24. The Hall–Kier alpha value is -1.35. The van der Waals surface area contributed by atoms with Crippen LogP contribution in [0.15, 0.2) is 18.2 Å². The van der Waals surface area contributed by atoms with Crippen LogP contribution in [-0.4, -0.2) is 51.0 Å². The average Bonchev–Trinajstić information content (AvgIpc) is 2.48. The van der Waals surface area contributed by atoms with Crippen LogP contribution in [0.2, 0.25) is 10.0 Å². The molecular formula is C13H17Cl2N3O4S. The number of halogens is 2. The summed E-state index contributed by atoms with van der Waals surface area (Å²) in [4.78, 5) is 24.8. The number of hydrogen-bond acceptors (Lipinski definition) is 4. The van der Waals surface area contributed by atoms with Gasteiger partial charge in [0.05, 0.1) is 28.9 Å². The molecular weight excluding hydrogens is 365 g/mol. The van der Waals surface area contributed by atoms with Gasteiger partial charge in [-0.3, -0.25) is 9.59 Å². The first-order valence-electron chi connectivity index (χ1n) is 6.61. The van der Waals surface area contributed by atoms with Gasteiger partial charge in [0.15, 0.2) is 0 Å². The Kier molecular flexibility index (Phi) is 7.27. The fourth-order valence-electron chi connectivity index (χ4n) is 1.49. The molecule has 10 heteroatoms. The molecule has 0 aliphatic rings. The van der Waals surface area contributed by atoms with Gasteiger partial charge in [-0.1, -0.05) is 23.2 Å². The van der Waals surface area contributed by atoms with Crippen molar-refractivity contribution in [1.82, 2.24) is 9.62 Å². The van der Waals surface area contributed by atoms with Crippen molar-refractivity contribution in [2.75, 3.05) is 31.2 Å². The molecule has 7 nitrogen and oxygen atoms in total. The van der Waals surface area contributed by atoms with E-state index in [1.54, 1.807) is 6.07 Å². The van der Waals surface area contributed by atoms with Gasteiger partial charge in [0.1, 0.15) is 0 Å². The predicted octanol–water partition coefficient (Wildman–Crippen LogP) is 1.33.